The maximum Gasteiger partial charge on any atom is 0.292 e. The average molecular weight is 268 g/mol. The molecule has 0 heterocycles. The molecule has 0 aliphatic carbocycles. The Morgan fingerprint density at radius 1 is 1.47 bits per heavy atom. The normalized spacial score (nSPS) is 14.2. The van der Waals surface area contributed by atoms with Crippen LogP contribution in [0.2, 0.25) is 0 Å². The predicted molar refractivity (Wildman–Crippen MR) is 73.0 cm³/mol. The molecule has 6 nitrogen and oxygen atoms in total. The highest BCUT2D eigenvalue weighted by molar-refractivity contribution is 5.62. The summed E-state index contributed by atoms with van der Waals surface area (Å²) >= 11 is 0. The molecule has 0 spiro atoms. The minimum absolute atomic E-state index is 0.0140. The molecule has 0 saturated carbocycles. The molecule has 0 radical (unpaired) electrons. The van der Waals surface area contributed by atoms with Crippen molar-refractivity contribution in [1.82, 2.24) is 0 Å². The van der Waals surface area contributed by atoms with Crippen LogP contribution in [0.1, 0.15) is 26.3 Å². The van der Waals surface area contributed by atoms with Gasteiger partial charge in [0.1, 0.15) is 5.69 Å². The first kappa shape index (κ1) is 15.4. The van der Waals surface area contributed by atoms with E-state index in [1.165, 1.54) is 18.2 Å². The van der Waals surface area contributed by atoms with Gasteiger partial charge < -0.3 is 15.5 Å². The van der Waals surface area contributed by atoms with Gasteiger partial charge in [0, 0.05) is 12.6 Å². The van der Waals surface area contributed by atoms with Crippen molar-refractivity contribution < 1.29 is 15.1 Å². The second kappa shape index (κ2) is 5.99. The Hall–Kier alpha value is -1.66. The van der Waals surface area contributed by atoms with Gasteiger partial charge in [0.15, 0.2) is 0 Å². The lowest BCUT2D eigenvalue weighted by Crippen LogP contribution is -2.38. The van der Waals surface area contributed by atoms with E-state index in [1.54, 1.807) is 6.92 Å². The molecule has 0 fully saturated rings. The third kappa shape index (κ3) is 3.90. The van der Waals surface area contributed by atoms with Gasteiger partial charge in [-0.25, -0.2) is 0 Å². The molecule has 1 atom stereocenters. The second-order valence-corrected chi connectivity index (χ2v) is 5.13. The molecule has 0 aliphatic rings. The van der Waals surface area contributed by atoms with Crippen molar-refractivity contribution >= 4 is 11.4 Å². The number of hydrogen-bond donors (Lipinski definition) is 3. The van der Waals surface area contributed by atoms with E-state index in [1.807, 2.05) is 13.8 Å². The molecule has 1 rings (SSSR count). The van der Waals surface area contributed by atoms with Crippen LogP contribution in [0, 0.1) is 16.0 Å². The lowest BCUT2D eigenvalue weighted by atomic mass is 9.92. The van der Waals surface area contributed by atoms with Gasteiger partial charge in [0.05, 0.1) is 17.1 Å². The Balaban J connectivity index is 2.95. The van der Waals surface area contributed by atoms with Crippen molar-refractivity contribution in [3.63, 3.8) is 0 Å². The number of rotatable bonds is 6. The highest BCUT2D eigenvalue weighted by atomic mass is 16.6. The Labute approximate surface area is 112 Å². The molecule has 1 aromatic rings. The molecule has 1 unspecified atom stereocenters. The lowest BCUT2D eigenvalue weighted by Gasteiger charge is -2.28. The van der Waals surface area contributed by atoms with Gasteiger partial charge >= 0.3 is 0 Å². The van der Waals surface area contributed by atoms with Gasteiger partial charge in [0.2, 0.25) is 0 Å². The molecule has 0 bridgehead atoms. The van der Waals surface area contributed by atoms with E-state index < -0.39 is 10.5 Å². The summed E-state index contributed by atoms with van der Waals surface area (Å²) in [5.74, 6) is 0.0140. The zero-order chi connectivity index (χ0) is 14.6. The first-order valence-electron chi connectivity index (χ1n) is 6.12. The molecule has 0 amide bonds. The molecule has 0 aromatic heterocycles. The summed E-state index contributed by atoms with van der Waals surface area (Å²) in [5, 5.41) is 33.0. The van der Waals surface area contributed by atoms with E-state index in [2.05, 4.69) is 5.32 Å². The largest absolute Gasteiger partial charge is 0.392 e. The molecule has 19 heavy (non-hydrogen) atoms. The highest BCUT2D eigenvalue weighted by Gasteiger charge is 2.25. The summed E-state index contributed by atoms with van der Waals surface area (Å²) in [6.07, 6.45) is 0. The van der Waals surface area contributed by atoms with Crippen LogP contribution in [-0.4, -0.2) is 27.3 Å². The zero-order valence-corrected chi connectivity index (χ0v) is 11.4. The van der Waals surface area contributed by atoms with Crippen LogP contribution in [0.4, 0.5) is 11.4 Å². The van der Waals surface area contributed by atoms with E-state index in [9.17, 15) is 15.2 Å². The van der Waals surface area contributed by atoms with Crippen molar-refractivity contribution in [1.29, 1.82) is 0 Å². The van der Waals surface area contributed by atoms with Gasteiger partial charge in [-0.3, -0.25) is 10.1 Å². The van der Waals surface area contributed by atoms with Gasteiger partial charge in [-0.2, -0.15) is 0 Å². The minimum Gasteiger partial charge on any atom is -0.392 e. The van der Waals surface area contributed by atoms with Crippen LogP contribution in [0.5, 0.6) is 0 Å². The zero-order valence-electron chi connectivity index (χ0n) is 11.4. The number of aliphatic hydroxyl groups is 2. The number of nitrogens with one attached hydrogen (secondary N) is 1. The first-order chi connectivity index (χ1) is 8.77. The van der Waals surface area contributed by atoms with Gasteiger partial charge in [-0.1, -0.05) is 13.8 Å². The summed E-state index contributed by atoms with van der Waals surface area (Å²) < 4.78 is 0. The van der Waals surface area contributed by atoms with E-state index >= 15 is 0 Å². The average Bonchev–Trinajstić information content (AvgIpc) is 2.35. The monoisotopic (exact) mass is 268 g/mol. The van der Waals surface area contributed by atoms with Crippen molar-refractivity contribution in [2.45, 2.75) is 33.0 Å². The molecular formula is C13H20N2O4. The van der Waals surface area contributed by atoms with Gasteiger partial charge in [-0.15, -0.1) is 0 Å². The fraction of sp³-hybridized carbons (Fsp3) is 0.538. The molecular weight excluding hydrogens is 248 g/mol. The maximum atomic E-state index is 10.9. The van der Waals surface area contributed by atoms with Crippen LogP contribution in [-0.2, 0) is 6.61 Å². The maximum absolute atomic E-state index is 10.9. The molecule has 0 aliphatic heterocycles. The van der Waals surface area contributed by atoms with E-state index in [4.69, 9.17) is 5.11 Å². The SMILES string of the molecule is CC(C)C(C)(O)CNc1cc(CO)ccc1[N+](=O)[O-]. The summed E-state index contributed by atoms with van der Waals surface area (Å²) in [5.41, 5.74) is -0.158. The quantitative estimate of drug-likeness (QED) is 0.541. The number of benzene rings is 1. The Bertz CT molecular complexity index is 458. The lowest BCUT2D eigenvalue weighted by molar-refractivity contribution is -0.384. The predicted octanol–water partition coefficient (Wildman–Crippen LogP) is 1.91. The number of nitro benzene ring substituents is 1. The van der Waals surface area contributed by atoms with Crippen molar-refractivity contribution in [2.24, 2.45) is 5.92 Å². The number of hydrogen-bond acceptors (Lipinski definition) is 5. The third-order valence-electron chi connectivity index (χ3n) is 3.32. The number of nitrogens with zero attached hydrogens (tertiary/aromatic N) is 1. The topological polar surface area (TPSA) is 95.6 Å². The van der Waals surface area contributed by atoms with Crippen LogP contribution in [0.3, 0.4) is 0 Å². The number of nitro groups is 1. The van der Waals surface area contributed by atoms with Gasteiger partial charge in [-0.05, 0) is 30.5 Å². The smallest absolute Gasteiger partial charge is 0.292 e. The Morgan fingerprint density at radius 2 is 2.11 bits per heavy atom. The minimum atomic E-state index is -0.969. The summed E-state index contributed by atoms with van der Waals surface area (Å²) in [7, 11) is 0. The third-order valence-corrected chi connectivity index (χ3v) is 3.32. The number of anilines is 1. The van der Waals surface area contributed by atoms with Crippen molar-refractivity contribution in [3.8, 4) is 0 Å². The summed E-state index contributed by atoms with van der Waals surface area (Å²) in [4.78, 5) is 10.4. The Kier molecular flexibility index (Phi) is 4.85. The summed E-state index contributed by atoms with van der Waals surface area (Å²) in [6, 6.07) is 4.37. The van der Waals surface area contributed by atoms with E-state index in [0.717, 1.165) is 0 Å². The highest BCUT2D eigenvalue weighted by Crippen LogP contribution is 2.27. The van der Waals surface area contributed by atoms with Crippen LogP contribution < -0.4 is 5.32 Å². The Morgan fingerprint density at radius 3 is 2.58 bits per heavy atom. The summed E-state index contributed by atoms with van der Waals surface area (Å²) in [6.45, 7) is 5.43. The molecule has 3 N–H and O–H groups in total. The molecule has 6 heteroatoms. The van der Waals surface area contributed by atoms with Crippen LogP contribution in [0.25, 0.3) is 0 Å². The van der Waals surface area contributed by atoms with Gasteiger partial charge in [0.25, 0.3) is 5.69 Å². The number of aliphatic hydroxyl groups excluding tert-OH is 1. The first-order valence-corrected chi connectivity index (χ1v) is 6.12. The fourth-order valence-electron chi connectivity index (χ4n) is 1.46. The van der Waals surface area contributed by atoms with Crippen LogP contribution >= 0.6 is 0 Å². The molecule has 106 valence electrons. The second-order valence-electron chi connectivity index (χ2n) is 5.13. The van der Waals surface area contributed by atoms with E-state index in [-0.39, 0.29) is 24.8 Å². The standard InChI is InChI=1S/C13H20N2O4/c1-9(2)13(3,17)8-14-11-6-10(7-16)4-5-12(11)15(18)19/h4-6,9,14,16-17H,7-8H2,1-3H3. The molecule has 1 aromatic carbocycles. The van der Waals surface area contributed by atoms with Crippen molar-refractivity contribution in [2.75, 3.05) is 11.9 Å². The van der Waals surface area contributed by atoms with E-state index in [0.29, 0.717) is 11.3 Å². The fourth-order valence-corrected chi connectivity index (χ4v) is 1.46. The van der Waals surface area contributed by atoms with Crippen LogP contribution in [0.15, 0.2) is 18.2 Å². The van der Waals surface area contributed by atoms with Crippen molar-refractivity contribution in [3.05, 3.63) is 33.9 Å². The molecule has 0 saturated heterocycles.